The lowest BCUT2D eigenvalue weighted by Crippen LogP contribution is -2.24. The summed E-state index contributed by atoms with van der Waals surface area (Å²) >= 11 is 11.8. The van der Waals surface area contributed by atoms with E-state index in [-0.39, 0.29) is 6.04 Å². The third-order valence-electron chi connectivity index (χ3n) is 2.89. The standard InChI is InChI=1S/C12H12Cl2N2/c13-10-4-3-9(7-11(10)14)12(8-15)16-5-1-2-6-16/h3-4,7,12H,1-2,5-6H2/t12-/m1/s1. The maximum Gasteiger partial charge on any atom is 0.123 e. The average molecular weight is 255 g/mol. The normalized spacial score (nSPS) is 18.3. The Hall–Kier alpha value is -0.750. The predicted octanol–water partition coefficient (Wildman–Crippen LogP) is 3.65. The lowest BCUT2D eigenvalue weighted by atomic mass is 10.1. The molecular formula is C12H12Cl2N2. The molecule has 0 N–H and O–H groups in total. The van der Waals surface area contributed by atoms with Gasteiger partial charge in [-0.05, 0) is 43.6 Å². The molecule has 0 aromatic heterocycles. The van der Waals surface area contributed by atoms with Crippen LogP contribution in [-0.4, -0.2) is 18.0 Å². The number of likely N-dealkylation sites (tertiary alicyclic amines) is 1. The molecule has 0 radical (unpaired) electrons. The van der Waals surface area contributed by atoms with Gasteiger partial charge in [-0.15, -0.1) is 0 Å². The second-order valence-electron chi connectivity index (χ2n) is 3.95. The molecule has 1 aromatic rings. The first kappa shape index (κ1) is 11.7. The first-order valence-electron chi connectivity index (χ1n) is 5.31. The third kappa shape index (κ3) is 2.32. The lowest BCUT2D eigenvalue weighted by Gasteiger charge is -2.21. The van der Waals surface area contributed by atoms with Crippen molar-refractivity contribution >= 4 is 23.2 Å². The second-order valence-corrected chi connectivity index (χ2v) is 4.76. The molecule has 2 nitrogen and oxygen atoms in total. The Morgan fingerprint density at radius 3 is 2.44 bits per heavy atom. The van der Waals surface area contributed by atoms with Crippen molar-refractivity contribution in [3.63, 3.8) is 0 Å². The number of rotatable bonds is 2. The van der Waals surface area contributed by atoms with Gasteiger partial charge < -0.3 is 0 Å². The minimum Gasteiger partial charge on any atom is -0.284 e. The molecule has 1 aliphatic heterocycles. The summed E-state index contributed by atoms with van der Waals surface area (Å²) in [5.74, 6) is 0. The number of benzene rings is 1. The van der Waals surface area contributed by atoms with E-state index in [9.17, 15) is 5.26 Å². The van der Waals surface area contributed by atoms with Gasteiger partial charge in [0.05, 0.1) is 16.1 Å². The van der Waals surface area contributed by atoms with Crippen LogP contribution < -0.4 is 0 Å². The summed E-state index contributed by atoms with van der Waals surface area (Å²) in [5, 5.41) is 10.3. The van der Waals surface area contributed by atoms with Crippen molar-refractivity contribution in [1.29, 1.82) is 5.26 Å². The van der Waals surface area contributed by atoms with Crippen LogP contribution in [0.2, 0.25) is 10.0 Å². The van der Waals surface area contributed by atoms with Crippen molar-refractivity contribution in [1.82, 2.24) is 4.90 Å². The number of nitrogens with zero attached hydrogens (tertiary/aromatic N) is 2. The van der Waals surface area contributed by atoms with Gasteiger partial charge in [0.1, 0.15) is 6.04 Å². The average Bonchev–Trinajstić information content (AvgIpc) is 2.78. The lowest BCUT2D eigenvalue weighted by molar-refractivity contribution is 0.294. The van der Waals surface area contributed by atoms with Crippen LogP contribution in [0.15, 0.2) is 18.2 Å². The fraction of sp³-hybridized carbons (Fsp3) is 0.417. The van der Waals surface area contributed by atoms with Gasteiger partial charge in [-0.2, -0.15) is 5.26 Å². The van der Waals surface area contributed by atoms with E-state index in [1.54, 1.807) is 12.1 Å². The highest BCUT2D eigenvalue weighted by atomic mass is 35.5. The summed E-state index contributed by atoms with van der Waals surface area (Å²) in [4.78, 5) is 2.18. The molecule has 0 spiro atoms. The van der Waals surface area contributed by atoms with Gasteiger partial charge in [0.25, 0.3) is 0 Å². The van der Waals surface area contributed by atoms with E-state index in [1.165, 1.54) is 12.8 Å². The smallest absolute Gasteiger partial charge is 0.123 e. The van der Waals surface area contributed by atoms with Crippen LogP contribution in [-0.2, 0) is 0 Å². The molecule has 0 aliphatic carbocycles. The van der Waals surface area contributed by atoms with Crippen LogP contribution in [0.3, 0.4) is 0 Å². The molecule has 1 aromatic carbocycles. The van der Waals surface area contributed by atoms with Crippen molar-refractivity contribution in [2.24, 2.45) is 0 Å². The van der Waals surface area contributed by atoms with E-state index in [4.69, 9.17) is 23.2 Å². The highest BCUT2D eigenvalue weighted by molar-refractivity contribution is 6.42. The molecule has 4 heteroatoms. The summed E-state index contributed by atoms with van der Waals surface area (Å²) in [6, 6.07) is 7.55. The van der Waals surface area contributed by atoms with Gasteiger partial charge in [-0.3, -0.25) is 4.90 Å². The van der Waals surface area contributed by atoms with Gasteiger partial charge in [-0.1, -0.05) is 29.3 Å². The fourth-order valence-electron chi connectivity index (χ4n) is 2.05. The van der Waals surface area contributed by atoms with Crippen LogP contribution in [0.1, 0.15) is 24.4 Å². The minimum atomic E-state index is -0.197. The zero-order chi connectivity index (χ0) is 11.5. The molecule has 0 unspecified atom stereocenters. The van der Waals surface area contributed by atoms with Crippen molar-refractivity contribution in [3.05, 3.63) is 33.8 Å². The molecule has 1 saturated heterocycles. The topological polar surface area (TPSA) is 27.0 Å². The summed E-state index contributed by atoms with van der Waals surface area (Å²) in [6.45, 7) is 1.97. The zero-order valence-corrected chi connectivity index (χ0v) is 10.3. The van der Waals surface area contributed by atoms with Gasteiger partial charge in [0.2, 0.25) is 0 Å². The first-order chi connectivity index (χ1) is 7.72. The quantitative estimate of drug-likeness (QED) is 0.806. The Labute approximate surface area is 105 Å². The maximum atomic E-state index is 9.23. The maximum absolute atomic E-state index is 9.23. The minimum absolute atomic E-state index is 0.197. The van der Waals surface area contributed by atoms with Crippen LogP contribution in [0, 0.1) is 11.3 Å². The fourth-order valence-corrected chi connectivity index (χ4v) is 2.36. The molecule has 0 saturated carbocycles. The Bertz CT molecular complexity index is 420. The molecule has 16 heavy (non-hydrogen) atoms. The molecule has 1 heterocycles. The SMILES string of the molecule is N#C[C@H](c1ccc(Cl)c(Cl)c1)N1CCCC1. The highest BCUT2D eigenvalue weighted by Gasteiger charge is 2.23. The molecule has 84 valence electrons. The molecule has 0 bridgehead atoms. The predicted molar refractivity (Wildman–Crippen MR) is 65.6 cm³/mol. The number of nitriles is 1. The van der Waals surface area contributed by atoms with Crippen molar-refractivity contribution in [3.8, 4) is 6.07 Å². The van der Waals surface area contributed by atoms with Crippen molar-refractivity contribution in [2.45, 2.75) is 18.9 Å². The number of halogens is 2. The number of hydrogen-bond acceptors (Lipinski definition) is 2. The summed E-state index contributed by atoms with van der Waals surface area (Å²) < 4.78 is 0. The second kappa shape index (κ2) is 5.05. The number of hydrogen-bond donors (Lipinski definition) is 0. The van der Waals surface area contributed by atoms with E-state index in [0.29, 0.717) is 10.0 Å². The molecule has 2 rings (SSSR count). The third-order valence-corrected chi connectivity index (χ3v) is 3.63. The molecule has 1 aliphatic rings. The van der Waals surface area contributed by atoms with Gasteiger partial charge >= 0.3 is 0 Å². The summed E-state index contributed by atoms with van der Waals surface area (Å²) in [5.41, 5.74) is 0.929. The highest BCUT2D eigenvalue weighted by Crippen LogP contribution is 2.29. The van der Waals surface area contributed by atoms with E-state index >= 15 is 0 Å². The van der Waals surface area contributed by atoms with Crippen LogP contribution >= 0.6 is 23.2 Å². The van der Waals surface area contributed by atoms with E-state index in [2.05, 4.69) is 11.0 Å². The summed E-state index contributed by atoms with van der Waals surface area (Å²) in [7, 11) is 0. The Morgan fingerprint density at radius 1 is 1.19 bits per heavy atom. The van der Waals surface area contributed by atoms with Crippen LogP contribution in [0.4, 0.5) is 0 Å². The summed E-state index contributed by atoms with van der Waals surface area (Å²) in [6.07, 6.45) is 2.33. The Kier molecular flexibility index (Phi) is 3.70. The van der Waals surface area contributed by atoms with Gasteiger partial charge in [0, 0.05) is 0 Å². The molecule has 1 fully saturated rings. The molecular weight excluding hydrogens is 243 g/mol. The molecule has 1 atom stereocenters. The van der Waals surface area contributed by atoms with Crippen molar-refractivity contribution < 1.29 is 0 Å². The van der Waals surface area contributed by atoms with E-state index < -0.39 is 0 Å². The van der Waals surface area contributed by atoms with E-state index in [0.717, 1.165) is 18.7 Å². The Balaban J connectivity index is 2.26. The van der Waals surface area contributed by atoms with Crippen LogP contribution in [0.25, 0.3) is 0 Å². The van der Waals surface area contributed by atoms with E-state index in [1.807, 2.05) is 6.07 Å². The van der Waals surface area contributed by atoms with Crippen LogP contribution in [0.5, 0.6) is 0 Å². The van der Waals surface area contributed by atoms with Gasteiger partial charge in [0.15, 0.2) is 0 Å². The van der Waals surface area contributed by atoms with Gasteiger partial charge in [-0.25, -0.2) is 0 Å². The van der Waals surface area contributed by atoms with Crippen molar-refractivity contribution in [2.75, 3.05) is 13.1 Å². The monoisotopic (exact) mass is 254 g/mol. The Morgan fingerprint density at radius 2 is 1.88 bits per heavy atom. The first-order valence-corrected chi connectivity index (χ1v) is 6.06. The largest absolute Gasteiger partial charge is 0.284 e. The molecule has 0 amide bonds. The zero-order valence-electron chi connectivity index (χ0n) is 8.79.